The molecule has 4 heavy (non-hydrogen) atoms. The van der Waals surface area contributed by atoms with E-state index in [4.69, 9.17) is 5.63 Å². The first kappa shape index (κ1) is 8.82. The van der Waals surface area contributed by atoms with Gasteiger partial charge in [0.05, 0.1) is 0 Å². The average molecular weight is 138 g/mol. The standard InChI is InChI=1S/CH3.2O.Zr/h1H3;;;/q-1;;;. The van der Waals surface area contributed by atoms with Crippen molar-refractivity contribution in [2.24, 2.45) is 0 Å². The second kappa shape index (κ2) is 9.76. The summed E-state index contributed by atoms with van der Waals surface area (Å²) in [6.07, 6.45) is 0. The zero-order chi connectivity index (χ0) is 2.71. The van der Waals surface area contributed by atoms with E-state index in [1.165, 1.54) is 0 Å². The van der Waals surface area contributed by atoms with E-state index >= 15 is 0 Å². The van der Waals surface area contributed by atoms with Crippen LogP contribution in [0.15, 0.2) is 0 Å². The van der Waals surface area contributed by atoms with Crippen molar-refractivity contribution in [1.29, 1.82) is 0 Å². The Bertz CT molecular complexity index is 27.0. The Hall–Kier alpha value is 0.483. The average Bonchev–Trinajstić information content (AvgIpc) is 0.918. The zero-order valence-electron chi connectivity index (χ0n) is 2.32. The number of rotatable bonds is 0. The normalized spacial score (nSPS) is 2.00. The van der Waals surface area contributed by atoms with Gasteiger partial charge in [-0.15, -0.1) is 0 Å². The summed E-state index contributed by atoms with van der Waals surface area (Å²) in [4.78, 5) is 0. The molecule has 0 aromatic carbocycles. The Morgan fingerprint density at radius 3 is 1.25 bits per heavy atom. The summed E-state index contributed by atoms with van der Waals surface area (Å²) in [6, 6.07) is 0. The minimum absolute atomic E-state index is 0. The first-order valence-electron chi connectivity index (χ1n) is 0.408. The molecule has 24 valence electrons. The molecular weight excluding hydrogens is 135 g/mol. The third-order valence-corrected chi connectivity index (χ3v) is 0. The maximum atomic E-state index is 8.54. The number of hydrogen-bond acceptors (Lipinski definition) is 2. The van der Waals surface area contributed by atoms with Gasteiger partial charge in [-0.05, 0) is 0 Å². The Morgan fingerprint density at radius 1 is 1.25 bits per heavy atom. The summed E-state index contributed by atoms with van der Waals surface area (Å²) >= 11 is -2.27. The molecule has 0 heterocycles. The van der Waals surface area contributed by atoms with Crippen molar-refractivity contribution in [2.75, 3.05) is 0 Å². The van der Waals surface area contributed by atoms with Crippen molar-refractivity contribution in [3.63, 3.8) is 0 Å². The summed E-state index contributed by atoms with van der Waals surface area (Å²) in [6.45, 7) is 0. The van der Waals surface area contributed by atoms with Gasteiger partial charge < -0.3 is 7.43 Å². The quantitative estimate of drug-likeness (QED) is 0.448. The first-order chi connectivity index (χ1) is 1.41. The fourth-order valence-electron chi connectivity index (χ4n) is 0. The van der Waals surface area contributed by atoms with Gasteiger partial charge in [0.25, 0.3) is 0 Å². The predicted molar refractivity (Wildman–Crippen MR) is 7.79 cm³/mol. The van der Waals surface area contributed by atoms with Gasteiger partial charge in [-0.1, -0.05) is 0 Å². The monoisotopic (exact) mass is 137 g/mol. The van der Waals surface area contributed by atoms with Gasteiger partial charge in [0.15, 0.2) is 0 Å². The summed E-state index contributed by atoms with van der Waals surface area (Å²) in [7, 11) is 0. The topological polar surface area (TPSA) is 34.1 Å². The van der Waals surface area contributed by atoms with E-state index in [0.717, 1.165) is 0 Å². The van der Waals surface area contributed by atoms with E-state index in [1.54, 1.807) is 0 Å². The Balaban J connectivity index is 0. The Kier molecular flexibility index (Phi) is 21.5. The molecular formula is CH3O2Zr-. The summed E-state index contributed by atoms with van der Waals surface area (Å²) in [5.41, 5.74) is 0. The summed E-state index contributed by atoms with van der Waals surface area (Å²) in [5, 5.41) is 0. The van der Waals surface area contributed by atoms with Gasteiger partial charge >= 0.3 is 28.9 Å². The van der Waals surface area contributed by atoms with E-state index in [-0.39, 0.29) is 7.43 Å². The van der Waals surface area contributed by atoms with Gasteiger partial charge in [-0.2, -0.15) is 0 Å². The molecule has 0 aliphatic carbocycles. The van der Waals surface area contributed by atoms with E-state index in [0.29, 0.717) is 0 Å². The third kappa shape index (κ3) is 23.4. The zero-order valence-corrected chi connectivity index (χ0v) is 4.77. The van der Waals surface area contributed by atoms with Crippen LogP contribution in [-0.4, -0.2) is 0 Å². The van der Waals surface area contributed by atoms with Crippen LogP contribution < -0.4 is 0 Å². The van der Waals surface area contributed by atoms with Crippen LogP contribution in [0.25, 0.3) is 0 Å². The molecule has 0 aromatic rings. The molecule has 0 aliphatic heterocycles. The number of hydrogen-bond donors (Lipinski definition) is 0. The molecule has 0 aromatic heterocycles. The van der Waals surface area contributed by atoms with Gasteiger partial charge in [0.1, 0.15) is 0 Å². The molecule has 0 rings (SSSR count). The first-order valence-corrected chi connectivity index (χ1v) is 2.42. The molecule has 0 unspecified atom stereocenters. The van der Waals surface area contributed by atoms with Crippen molar-refractivity contribution in [2.45, 2.75) is 0 Å². The second-order valence-electron chi connectivity index (χ2n) is 0.0833. The van der Waals surface area contributed by atoms with Crippen LogP contribution in [0, 0.1) is 7.43 Å². The molecule has 0 radical (unpaired) electrons. The molecule has 0 saturated heterocycles. The van der Waals surface area contributed by atoms with Gasteiger partial charge in [-0.3, -0.25) is 0 Å². The molecule has 0 atom stereocenters. The van der Waals surface area contributed by atoms with E-state index in [2.05, 4.69) is 0 Å². The van der Waals surface area contributed by atoms with Crippen LogP contribution in [0.3, 0.4) is 0 Å². The molecule has 3 heteroatoms. The van der Waals surface area contributed by atoms with Gasteiger partial charge in [0, 0.05) is 0 Å². The fraction of sp³-hybridized carbons (Fsp3) is 0. The summed E-state index contributed by atoms with van der Waals surface area (Å²) in [5.74, 6) is 0. The van der Waals surface area contributed by atoms with Crippen molar-refractivity contribution in [1.82, 2.24) is 0 Å². The SMILES string of the molecule is [CH3-].[O]=[Zr]=[O]. The Morgan fingerprint density at radius 2 is 1.25 bits per heavy atom. The molecule has 0 aliphatic rings. The van der Waals surface area contributed by atoms with Gasteiger partial charge in [0.2, 0.25) is 0 Å². The van der Waals surface area contributed by atoms with Crippen LogP contribution >= 0.6 is 0 Å². The maximum absolute atomic E-state index is 8.54. The summed E-state index contributed by atoms with van der Waals surface area (Å²) < 4.78 is 17.1. The molecule has 0 spiro atoms. The van der Waals surface area contributed by atoms with Crippen molar-refractivity contribution < 1.29 is 28.9 Å². The third-order valence-electron chi connectivity index (χ3n) is 0. The van der Waals surface area contributed by atoms with E-state index in [1.807, 2.05) is 0 Å². The molecule has 0 saturated carbocycles. The van der Waals surface area contributed by atoms with Crippen molar-refractivity contribution in [3.8, 4) is 0 Å². The molecule has 0 amide bonds. The molecule has 0 bridgehead atoms. The second-order valence-corrected chi connectivity index (χ2v) is 0.493. The van der Waals surface area contributed by atoms with Crippen LogP contribution in [0.1, 0.15) is 0 Å². The molecule has 0 fully saturated rings. The molecule has 2 nitrogen and oxygen atoms in total. The van der Waals surface area contributed by atoms with Crippen molar-refractivity contribution in [3.05, 3.63) is 7.43 Å². The van der Waals surface area contributed by atoms with Crippen LogP contribution in [0.4, 0.5) is 0 Å². The fourth-order valence-corrected chi connectivity index (χ4v) is 0. The van der Waals surface area contributed by atoms with Crippen molar-refractivity contribution >= 4 is 0 Å². The van der Waals surface area contributed by atoms with Crippen LogP contribution in [-0.2, 0) is 28.9 Å². The Labute approximate surface area is 36.7 Å². The van der Waals surface area contributed by atoms with E-state index < -0.39 is 23.2 Å². The van der Waals surface area contributed by atoms with Crippen LogP contribution in [0.2, 0.25) is 0 Å². The van der Waals surface area contributed by atoms with Gasteiger partial charge in [-0.25, -0.2) is 0 Å². The minimum atomic E-state index is -2.27. The van der Waals surface area contributed by atoms with Crippen LogP contribution in [0.5, 0.6) is 0 Å². The predicted octanol–water partition coefficient (Wildman–Crippen LogP) is 0.210. The van der Waals surface area contributed by atoms with E-state index in [9.17, 15) is 0 Å². The molecule has 0 N–H and O–H groups in total.